The van der Waals surface area contributed by atoms with Crippen LogP contribution in [0.3, 0.4) is 0 Å². The summed E-state index contributed by atoms with van der Waals surface area (Å²) in [7, 11) is 0. The third-order valence-electron chi connectivity index (χ3n) is 4.87. The highest BCUT2D eigenvalue weighted by molar-refractivity contribution is 9.10. The maximum Gasteiger partial charge on any atom is 0.123 e. The van der Waals surface area contributed by atoms with Gasteiger partial charge in [-0.25, -0.2) is 4.39 Å². The Hall–Kier alpha value is -0.410. The zero-order chi connectivity index (χ0) is 14.6. The lowest BCUT2D eigenvalue weighted by molar-refractivity contribution is 0.150. The van der Waals surface area contributed by atoms with E-state index in [-0.39, 0.29) is 11.2 Å². The van der Waals surface area contributed by atoms with E-state index in [0.29, 0.717) is 6.54 Å². The average Bonchev–Trinajstić information content (AvgIpc) is 2.45. The van der Waals surface area contributed by atoms with Crippen molar-refractivity contribution in [3.8, 4) is 0 Å². The Kier molecular flexibility index (Phi) is 5.62. The van der Waals surface area contributed by atoms with Crippen molar-refractivity contribution in [3.63, 3.8) is 0 Å². The Morgan fingerprint density at radius 3 is 2.65 bits per heavy atom. The van der Waals surface area contributed by atoms with Gasteiger partial charge in [-0.2, -0.15) is 0 Å². The van der Waals surface area contributed by atoms with Gasteiger partial charge in [0.1, 0.15) is 5.82 Å². The molecule has 1 aliphatic carbocycles. The van der Waals surface area contributed by atoms with Crippen molar-refractivity contribution in [1.29, 1.82) is 0 Å². The van der Waals surface area contributed by atoms with Crippen LogP contribution in [-0.4, -0.2) is 6.54 Å². The van der Waals surface area contributed by atoms with Crippen molar-refractivity contribution in [1.82, 2.24) is 0 Å². The summed E-state index contributed by atoms with van der Waals surface area (Å²) >= 11 is 3.54. The standard InChI is InChI=1S/C17H25BrFN/c1-2-3-13-6-8-17(12-20,9-7-13)11-14-10-15(19)4-5-16(14)18/h4-5,10,13H,2-3,6-9,11-12,20H2,1H3. The first-order chi connectivity index (χ1) is 9.58. The van der Waals surface area contributed by atoms with Crippen LogP contribution in [0.25, 0.3) is 0 Å². The number of rotatable bonds is 5. The molecule has 2 N–H and O–H groups in total. The molecule has 112 valence electrons. The van der Waals surface area contributed by atoms with Crippen molar-refractivity contribution in [2.24, 2.45) is 17.1 Å². The van der Waals surface area contributed by atoms with Gasteiger partial charge in [-0.1, -0.05) is 35.7 Å². The molecule has 1 aliphatic rings. The molecule has 2 rings (SSSR count). The van der Waals surface area contributed by atoms with Gasteiger partial charge in [0.25, 0.3) is 0 Å². The van der Waals surface area contributed by atoms with Gasteiger partial charge in [-0.15, -0.1) is 0 Å². The number of nitrogens with two attached hydrogens (primary N) is 1. The summed E-state index contributed by atoms with van der Waals surface area (Å²) in [5.41, 5.74) is 7.31. The highest BCUT2D eigenvalue weighted by Gasteiger charge is 2.34. The highest BCUT2D eigenvalue weighted by atomic mass is 79.9. The summed E-state index contributed by atoms with van der Waals surface area (Å²) in [6, 6.07) is 4.96. The Morgan fingerprint density at radius 1 is 1.35 bits per heavy atom. The van der Waals surface area contributed by atoms with Crippen molar-refractivity contribution < 1.29 is 4.39 Å². The van der Waals surface area contributed by atoms with E-state index in [1.165, 1.54) is 44.6 Å². The van der Waals surface area contributed by atoms with Gasteiger partial charge in [0.05, 0.1) is 0 Å². The molecule has 0 unspecified atom stereocenters. The van der Waals surface area contributed by atoms with Crippen LogP contribution in [0, 0.1) is 17.2 Å². The first kappa shape index (κ1) is 16.0. The minimum atomic E-state index is -0.157. The minimum Gasteiger partial charge on any atom is -0.330 e. The smallest absolute Gasteiger partial charge is 0.123 e. The van der Waals surface area contributed by atoms with E-state index in [4.69, 9.17) is 5.73 Å². The van der Waals surface area contributed by atoms with E-state index in [0.717, 1.165) is 22.4 Å². The fraction of sp³-hybridized carbons (Fsp3) is 0.647. The molecule has 0 atom stereocenters. The highest BCUT2D eigenvalue weighted by Crippen LogP contribution is 2.43. The summed E-state index contributed by atoms with van der Waals surface area (Å²) in [6.45, 7) is 2.96. The van der Waals surface area contributed by atoms with Crippen molar-refractivity contribution >= 4 is 15.9 Å². The topological polar surface area (TPSA) is 26.0 Å². The van der Waals surface area contributed by atoms with Crippen LogP contribution in [-0.2, 0) is 6.42 Å². The fourth-order valence-electron chi connectivity index (χ4n) is 3.52. The molecule has 0 amide bonds. The SMILES string of the molecule is CCCC1CCC(CN)(Cc2cc(F)ccc2Br)CC1. The molecule has 0 radical (unpaired) electrons. The molecule has 0 spiro atoms. The molecule has 1 nitrogen and oxygen atoms in total. The third-order valence-corrected chi connectivity index (χ3v) is 5.64. The van der Waals surface area contributed by atoms with E-state index in [1.54, 1.807) is 12.1 Å². The van der Waals surface area contributed by atoms with E-state index in [9.17, 15) is 4.39 Å². The molecule has 20 heavy (non-hydrogen) atoms. The monoisotopic (exact) mass is 341 g/mol. The second-order valence-electron chi connectivity index (χ2n) is 6.35. The van der Waals surface area contributed by atoms with Crippen LogP contribution in [0.5, 0.6) is 0 Å². The molecule has 1 aromatic carbocycles. The molecule has 0 heterocycles. The molecule has 1 fully saturated rings. The lowest BCUT2D eigenvalue weighted by Gasteiger charge is -2.40. The van der Waals surface area contributed by atoms with Gasteiger partial charge in [-0.3, -0.25) is 0 Å². The zero-order valence-corrected chi connectivity index (χ0v) is 13.9. The number of hydrogen-bond donors (Lipinski definition) is 1. The molecule has 1 aromatic rings. The Bertz CT molecular complexity index is 439. The maximum atomic E-state index is 13.4. The predicted molar refractivity (Wildman–Crippen MR) is 86.2 cm³/mol. The summed E-state index contributed by atoms with van der Waals surface area (Å²) in [5.74, 6) is 0.714. The van der Waals surface area contributed by atoms with E-state index in [1.807, 2.05) is 0 Å². The first-order valence-electron chi connectivity index (χ1n) is 7.72. The predicted octanol–water partition coefficient (Wildman–Crippen LogP) is 5.07. The Labute approximate surface area is 130 Å². The van der Waals surface area contributed by atoms with Gasteiger partial charge < -0.3 is 5.73 Å². The molecule has 3 heteroatoms. The number of benzene rings is 1. The van der Waals surface area contributed by atoms with Crippen molar-refractivity contribution in [3.05, 3.63) is 34.1 Å². The summed E-state index contributed by atoms with van der Waals surface area (Å²) in [4.78, 5) is 0. The van der Waals surface area contributed by atoms with Crippen molar-refractivity contribution in [2.45, 2.75) is 51.9 Å². The Balaban J connectivity index is 2.07. The lowest BCUT2D eigenvalue weighted by atomic mass is 9.67. The molecule has 1 saturated carbocycles. The van der Waals surface area contributed by atoms with Crippen LogP contribution in [0.15, 0.2) is 22.7 Å². The van der Waals surface area contributed by atoms with E-state index >= 15 is 0 Å². The lowest BCUT2D eigenvalue weighted by Crippen LogP contribution is -2.37. The summed E-state index contributed by atoms with van der Waals surface area (Å²) < 4.78 is 14.4. The summed E-state index contributed by atoms with van der Waals surface area (Å²) in [6.07, 6.45) is 8.41. The van der Waals surface area contributed by atoms with Gasteiger partial charge in [-0.05, 0) is 73.7 Å². The minimum absolute atomic E-state index is 0.157. The maximum absolute atomic E-state index is 13.4. The fourth-order valence-corrected chi connectivity index (χ4v) is 3.91. The van der Waals surface area contributed by atoms with Crippen LogP contribution in [0.2, 0.25) is 0 Å². The quantitative estimate of drug-likeness (QED) is 0.795. The molecule has 0 bridgehead atoms. The van der Waals surface area contributed by atoms with Gasteiger partial charge in [0, 0.05) is 4.47 Å². The first-order valence-corrected chi connectivity index (χ1v) is 8.52. The van der Waals surface area contributed by atoms with Gasteiger partial charge in [0.15, 0.2) is 0 Å². The van der Waals surface area contributed by atoms with Crippen LogP contribution in [0.1, 0.15) is 51.0 Å². The van der Waals surface area contributed by atoms with Gasteiger partial charge >= 0.3 is 0 Å². The molecule has 0 saturated heterocycles. The number of halogens is 2. The zero-order valence-electron chi connectivity index (χ0n) is 12.3. The average molecular weight is 342 g/mol. The third kappa shape index (κ3) is 3.82. The largest absolute Gasteiger partial charge is 0.330 e. The van der Waals surface area contributed by atoms with E-state index < -0.39 is 0 Å². The molecular weight excluding hydrogens is 317 g/mol. The Morgan fingerprint density at radius 2 is 2.05 bits per heavy atom. The van der Waals surface area contributed by atoms with Crippen LogP contribution in [0.4, 0.5) is 4.39 Å². The normalized spacial score (nSPS) is 26.7. The molecule has 0 aromatic heterocycles. The van der Waals surface area contributed by atoms with Crippen LogP contribution >= 0.6 is 15.9 Å². The summed E-state index contributed by atoms with van der Waals surface area (Å²) in [5, 5.41) is 0. The second kappa shape index (κ2) is 7.04. The molecular formula is C17H25BrFN. The van der Waals surface area contributed by atoms with Gasteiger partial charge in [0.2, 0.25) is 0 Å². The van der Waals surface area contributed by atoms with Crippen molar-refractivity contribution in [2.75, 3.05) is 6.54 Å². The number of hydrogen-bond acceptors (Lipinski definition) is 1. The second-order valence-corrected chi connectivity index (χ2v) is 7.20. The van der Waals surface area contributed by atoms with E-state index in [2.05, 4.69) is 22.9 Å². The molecule has 0 aliphatic heterocycles. The van der Waals surface area contributed by atoms with Crippen LogP contribution < -0.4 is 5.73 Å².